The molecule has 2 aromatic rings. The number of hydrogen-bond acceptors (Lipinski definition) is 3. The molecule has 0 aliphatic carbocycles. The van der Waals surface area contributed by atoms with Gasteiger partial charge in [-0.05, 0) is 13.0 Å². The smallest absolute Gasteiger partial charge is 0.115 e. The van der Waals surface area contributed by atoms with Crippen molar-refractivity contribution in [2.24, 2.45) is 0 Å². The molecule has 13 heavy (non-hydrogen) atoms. The van der Waals surface area contributed by atoms with Crippen molar-refractivity contribution in [3.8, 4) is 11.1 Å². The summed E-state index contributed by atoms with van der Waals surface area (Å²) in [6, 6.07) is 3.90. The van der Waals surface area contributed by atoms with Crippen molar-refractivity contribution < 1.29 is 0 Å². The molecule has 0 aliphatic heterocycles. The molecule has 0 atom stereocenters. The standard InChI is InChI=1S/C10H9N3/c1-8-10(6-12-7-13-8)9-3-2-4-11-5-9/h2-7H,1H3. The van der Waals surface area contributed by atoms with Crippen molar-refractivity contribution in [1.29, 1.82) is 0 Å². The zero-order valence-corrected chi connectivity index (χ0v) is 7.31. The van der Waals surface area contributed by atoms with E-state index in [1.807, 2.05) is 25.3 Å². The van der Waals surface area contributed by atoms with Gasteiger partial charge < -0.3 is 0 Å². The molecule has 0 aromatic carbocycles. The highest BCUT2D eigenvalue weighted by molar-refractivity contribution is 5.63. The summed E-state index contributed by atoms with van der Waals surface area (Å²) >= 11 is 0. The van der Waals surface area contributed by atoms with Crippen LogP contribution in [0.4, 0.5) is 0 Å². The van der Waals surface area contributed by atoms with Crippen LogP contribution >= 0.6 is 0 Å². The van der Waals surface area contributed by atoms with Gasteiger partial charge in [0.25, 0.3) is 0 Å². The average molecular weight is 171 g/mol. The highest BCUT2D eigenvalue weighted by Gasteiger charge is 2.00. The molecule has 0 bridgehead atoms. The fourth-order valence-electron chi connectivity index (χ4n) is 1.20. The van der Waals surface area contributed by atoms with Crippen LogP contribution in [-0.4, -0.2) is 15.0 Å². The Morgan fingerprint density at radius 2 is 2.08 bits per heavy atom. The molecule has 2 aromatic heterocycles. The summed E-state index contributed by atoms with van der Waals surface area (Å²) in [6.45, 7) is 1.96. The predicted octanol–water partition coefficient (Wildman–Crippen LogP) is 1.85. The predicted molar refractivity (Wildman–Crippen MR) is 50.0 cm³/mol. The lowest BCUT2D eigenvalue weighted by atomic mass is 10.1. The third-order valence-corrected chi connectivity index (χ3v) is 1.88. The quantitative estimate of drug-likeness (QED) is 0.657. The lowest BCUT2D eigenvalue weighted by Crippen LogP contribution is -1.88. The Balaban J connectivity index is 2.54. The molecule has 64 valence electrons. The lowest BCUT2D eigenvalue weighted by Gasteiger charge is -2.01. The van der Waals surface area contributed by atoms with Gasteiger partial charge in [0.2, 0.25) is 0 Å². The Kier molecular flexibility index (Phi) is 2.00. The van der Waals surface area contributed by atoms with Crippen LogP contribution in [0.15, 0.2) is 37.1 Å². The van der Waals surface area contributed by atoms with Gasteiger partial charge in [-0.25, -0.2) is 9.97 Å². The van der Waals surface area contributed by atoms with Crippen molar-refractivity contribution in [3.05, 3.63) is 42.7 Å². The van der Waals surface area contributed by atoms with Gasteiger partial charge in [-0.2, -0.15) is 0 Å². The Labute approximate surface area is 76.5 Å². The van der Waals surface area contributed by atoms with Crippen LogP contribution in [0.5, 0.6) is 0 Å². The monoisotopic (exact) mass is 171 g/mol. The van der Waals surface area contributed by atoms with Crippen molar-refractivity contribution in [1.82, 2.24) is 15.0 Å². The van der Waals surface area contributed by atoms with E-state index < -0.39 is 0 Å². The maximum Gasteiger partial charge on any atom is 0.115 e. The summed E-state index contributed by atoms with van der Waals surface area (Å²) in [5.41, 5.74) is 3.07. The van der Waals surface area contributed by atoms with Gasteiger partial charge >= 0.3 is 0 Å². The van der Waals surface area contributed by atoms with E-state index in [4.69, 9.17) is 0 Å². The van der Waals surface area contributed by atoms with Gasteiger partial charge in [-0.1, -0.05) is 6.07 Å². The molecule has 0 N–H and O–H groups in total. The summed E-state index contributed by atoms with van der Waals surface area (Å²) in [5.74, 6) is 0. The Morgan fingerprint density at radius 1 is 1.15 bits per heavy atom. The molecule has 2 heterocycles. The minimum atomic E-state index is 0.975. The number of hydrogen-bond donors (Lipinski definition) is 0. The van der Waals surface area contributed by atoms with Crippen LogP contribution < -0.4 is 0 Å². The van der Waals surface area contributed by atoms with Crippen LogP contribution in [0.3, 0.4) is 0 Å². The van der Waals surface area contributed by atoms with E-state index in [1.165, 1.54) is 0 Å². The normalized spacial score (nSPS) is 9.92. The molecule has 0 fully saturated rings. The van der Waals surface area contributed by atoms with Gasteiger partial charge in [0.1, 0.15) is 6.33 Å². The second kappa shape index (κ2) is 3.31. The first-order valence-corrected chi connectivity index (χ1v) is 4.05. The molecule has 0 unspecified atom stereocenters. The summed E-state index contributed by atoms with van der Waals surface area (Å²) in [5, 5.41) is 0. The van der Waals surface area contributed by atoms with Crippen molar-refractivity contribution in [2.75, 3.05) is 0 Å². The molecule has 3 nitrogen and oxygen atoms in total. The highest BCUT2D eigenvalue weighted by atomic mass is 14.8. The van der Waals surface area contributed by atoms with Gasteiger partial charge in [0.15, 0.2) is 0 Å². The first-order valence-electron chi connectivity index (χ1n) is 4.05. The van der Waals surface area contributed by atoms with E-state index >= 15 is 0 Å². The Bertz CT molecular complexity index is 398. The number of pyridine rings is 1. The summed E-state index contributed by atoms with van der Waals surface area (Å²) in [4.78, 5) is 12.1. The molecule has 0 spiro atoms. The Hall–Kier alpha value is -1.77. The van der Waals surface area contributed by atoms with Crippen LogP contribution in [0, 0.1) is 6.92 Å². The lowest BCUT2D eigenvalue weighted by molar-refractivity contribution is 1.10. The van der Waals surface area contributed by atoms with Gasteiger partial charge in [-0.15, -0.1) is 0 Å². The third-order valence-electron chi connectivity index (χ3n) is 1.88. The topological polar surface area (TPSA) is 38.7 Å². The molecule has 0 aliphatic rings. The van der Waals surface area contributed by atoms with Crippen LogP contribution in [0.2, 0.25) is 0 Å². The first kappa shape index (κ1) is 7.86. The van der Waals surface area contributed by atoms with Gasteiger partial charge in [0.05, 0.1) is 0 Å². The second-order valence-electron chi connectivity index (χ2n) is 2.76. The average Bonchev–Trinajstić information content (AvgIpc) is 2.20. The summed E-state index contributed by atoms with van der Waals surface area (Å²) in [7, 11) is 0. The van der Waals surface area contributed by atoms with E-state index in [0.717, 1.165) is 16.8 Å². The SMILES string of the molecule is Cc1ncncc1-c1cccnc1. The molecule has 0 saturated heterocycles. The molecule has 3 heteroatoms. The van der Waals surface area contributed by atoms with Crippen molar-refractivity contribution >= 4 is 0 Å². The maximum absolute atomic E-state index is 4.12. The number of aromatic nitrogens is 3. The minimum absolute atomic E-state index is 0.975. The third kappa shape index (κ3) is 1.54. The van der Waals surface area contributed by atoms with E-state index in [2.05, 4.69) is 15.0 Å². The van der Waals surface area contributed by atoms with Crippen LogP contribution in [-0.2, 0) is 0 Å². The van der Waals surface area contributed by atoms with Gasteiger partial charge in [-0.3, -0.25) is 4.98 Å². The molecular weight excluding hydrogens is 162 g/mol. The number of nitrogens with zero attached hydrogens (tertiary/aromatic N) is 3. The minimum Gasteiger partial charge on any atom is -0.264 e. The fraction of sp³-hybridized carbons (Fsp3) is 0.100. The zero-order chi connectivity index (χ0) is 9.10. The first-order chi connectivity index (χ1) is 6.38. The molecular formula is C10H9N3. The fourth-order valence-corrected chi connectivity index (χ4v) is 1.20. The zero-order valence-electron chi connectivity index (χ0n) is 7.31. The van der Waals surface area contributed by atoms with E-state index in [-0.39, 0.29) is 0 Å². The van der Waals surface area contributed by atoms with E-state index in [9.17, 15) is 0 Å². The molecule has 0 saturated carbocycles. The highest BCUT2D eigenvalue weighted by Crippen LogP contribution is 2.18. The van der Waals surface area contributed by atoms with E-state index in [1.54, 1.807) is 18.7 Å². The summed E-state index contributed by atoms with van der Waals surface area (Å²) < 4.78 is 0. The largest absolute Gasteiger partial charge is 0.264 e. The second-order valence-corrected chi connectivity index (χ2v) is 2.76. The molecule has 0 amide bonds. The van der Waals surface area contributed by atoms with E-state index in [0.29, 0.717) is 0 Å². The Morgan fingerprint density at radius 3 is 2.77 bits per heavy atom. The number of rotatable bonds is 1. The molecule has 0 radical (unpaired) electrons. The van der Waals surface area contributed by atoms with Crippen molar-refractivity contribution in [2.45, 2.75) is 6.92 Å². The molecule has 2 rings (SSSR count). The van der Waals surface area contributed by atoms with Gasteiger partial charge in [0, 0.05) is 35.4 Å². The number of aryl methyl sites for hydroxylation is 1. The van der Waals surface area contributed by atoms with Crippen LogP contribution in [0.1, 0.15) is 5.69 Å². The van der Waals surface area contributed by atoms with Crippen molar-refractivity contribution in [3.63, 3.8) is 0 Å². The summed E-state index contributed by atoms with van der Waals surface area (Å²) in [6.07, 6.45) is 6.92. The van der Waals surface area contributed by atoms with Crippen LogP contribution in [0.25, 0.3) is 11.1 Å². The maximum atomic E-state index is 4.12.